The number of rotatable bonds is 1. The molecule has 2 spiro atoms. The van der Waals surface area contributed by atoms with E-state index in [1.54, 1.807) is 0 Å². The van der Waals surface area contributed by atoms with E-state index in [9.17, 15) is 0 Å². The maximum atomic E-state index is 8.12. The van der Waals surface area contributed by atoms with Gasteiger partial charge < -0.3 is 4.90 Å². The summed E-state index contributed by atoms with van der Waals surface area (Å²) in [6, 6.07) is 0. The van der Waals surface area contributed by atoms with Crippen molar-refractivity contribution in [3.63, 3.8) is 0 Å². The van der Waals surface area contributed by atoms with Crippen molar-refractivity contribution in [1.29, 1.82) is 0 Å². The standard InChI is InChI=1S/C12H24N2.C11H22N2.CO2/c1-5-13-8-6-7-12(13)9-14(10-12)11(2,3)4;1-10(2,3)13-8-11(9-13)5-6-12(4)7-11;2-1-3/h5-10H2,1-4H3;5-9H2,1-4H3;. The molecular formula is C24H46N4O2. The van der Waals surface area contributed by atoms with Gasteiger partial charge >= 0.3 is 6.15 Å². The molecule has 4 rings (SSSR count). The topological polar surface area (TPSA) is 47.1 Å². The lowest BCUT2D eigenvalue weighted by atomic mass is 9.76. The fraction of sp³-hybridized carbons (Fsp3) is 0.958. The van der Waals surface area contributed by atoms with Gasteiger partial charge in [-0.3, -0.25) is 14.7 Å². The van der Waals surface area contributed by atoms with Crippen molar-refractivity contribution in [1.82, 2.24) is 19.6 Å². The van der Waals surface area contributed by atoms with Crippen molar-refractivity contribution >= 4 is 6.15 Å². The van der Waals surface area contributed by atoms with Gasteiger partial charge in [0.05, 0.1) is 0 Å². The number of nitrogens with zero attached hydrogens (tertiary/aromatic N) is 4. The van der Waals surface area contributed by atoms with Gasteiger partial charge in [0.25, 0.3) is 0 Å². The van der Waals surface area contributed by atoms with E-state index >= 15 is 0 Å². The van der Waals surface area contributed by atoms with Crippen LogP contribution in [0.3, 0.4) is 0 Å². The van der Waals surface area contributed by atoms with Gasteiger partial charge in [0.1, 0.15) is 0 Å². The van der Waals surface area contributed by atoms with E-state index in [1.807, 2.05) is 0 Å². The molecule has 174 valence electrons. The van der Waals surface area contributed by atoms with Crippen molar-refractivity contribution in [2.75, 3.05) is 59.4 Å². The lowest BCUT2D eigenvalue weighted by Crippen LogP contribution is -2.71. The average molecular weight is 423 g/mol. The van der Waals surface area contributed by atoms with Gasteiger partial charge in [0.15, 0.2) is 0 Å². The van der Waals surface area contributed by atoms with Gasteiger partial charge in [-0.15, -0.1) is 0 Å². The van der Waals surface area contributed by atoms with Crippen LogP contribution < -0.4 is 0 Å². The molecule has 4 saturated heterocycles. The van der Waals surface area contributed by atoms with E-state index in [0.717, 1.165) is 0 Å². The van der Waals surface area contributed by atoms with Gasteiger partial charge in [0, 0.05) is 54.8 Å². The molecule has 0 aromatic rings. The van der Waals surface area contributed by atoms with Crippen LogP contribution in [-0.2, 0) is 9.59 Å². The van der Waals surface area contributed by atoms with Crippen LogP contribution in [0.5, 0.6) is 0 Å². The van der Waals surface area contributed by atoms with Gasteiger partial charge in [-0.05, 0) is 87.5 Å². The lowest BCUT2D eigenvalue weighted by molar-refractivity contribution is -0.191. The summed E-state index contributed by atoms with van der Waals surface area (Å²) in [4.78, 5) is 26.6. The van der Waals surface area contributed by atoms with Crippen LogP contribution in [-0.4, -0.2) is 102 Å². The van der Waals surface area contributed by atoms with E-state index in [-0.39, 0.29) is 6.15 Å². The van der Waals surface area contributed by atoms with E-state index in [1.165, 1.54) is 71.6 Å². The van der Waals surface area contributed by atoms with Crippen LogP contribution in [0.25, 0.3) is 0 Å². The Bertz CT molecular complexity index is 589. The first kappa shape index (κ1) is 25.5. The fourth-order valence-electron chi connectivity index (χ4n) is 5.64. The smallest absolute Gasteiger partial charge is 0.306 e. The third-order valence-corrected chi connectivity index (χ3v) is 7.67. The van der Waals surface area contributed by atoms with E-state index in [2.05, 4.69) is 75.1 Å². The number of carbonyl (C=O) groups excluding carboxylic acids is 2. The van der Waals surface area contributed by atoms with Crippen LogP contribution in [0.1, 0.15) is 67.7 Å². The average Bonchev–Trinajstić information content (AvgIpc) is 3.15. The molecule has 30 heavy (non-hydrogen) atoms. The Balaban J connectivity index is 0.000000190. The molecule has 0 unspecified atom stereocenters. The molecule has 0 saturated carbocycles. The first-order chi connectivity index (χ1) is 13.8. The van der Waals surface area contributed by atoms with Gasteiger partial charge in [-0.1, -0.05) is 6.92 Å². The zero-order valence-corrected chi connectivity index (χ0v) is 20.9. The van der Waals surface area contributed by atoms with Crippen molar-refractivity contribution in [3.05, 3.63) is 0 Å². The minimum atomic E-state index is 0.250. The zero-order chi connectivity index (χ0) is 22.8. The summed E-state index contributed by atoms with van der Waals surface area (Å²) in [5.41, 5.74) is 1.99. The predicted molar refractivity (Wildman–Crippen MR) is 121 cm³/mol. The Kier molecular flexibility index (Phi) is 7.96. The number of hydrogen-bond acceptors (Lipinski definition) is 6. The molecule has 0 bridgehead atoms. The number of likely N-dealkylation sites (tertiary alicyclic amines) is 4. The summed E-state index contributed by atoms with van der Waals surface area (Å²) in [6.45, 7) is 26.6. The molecule has 0 aliphatic carbocycles. The van der Waals surface area contributed by atoms with Gasteiger partial charge in [-0.2, -0.15) is 9.59 Å². The molecular weight excluding hydrogens is 376 g/mol. The highest BCUT2D eigenvalue weighted by Gasteiger charge is 2.52. The Morgan fingerprint density at radius 3 is 1.70 bits per heavy atom. The molecule has 4 aliphatic heterocycles. The normalized spacial score (nSPS) is 26.3. The Hall–Kier alpha value is -0.780. The molecule has 0 aromatic carbocycles. The quantitative estimate of drug-likeness (QED) is 0.648. The SMILES string of the molecule is CCN1CCCC12CN(C(C)(C)C)C2.CN1CCC2(C1)CN(C(C)(C)C)C2.O=C=O. The van der Waals surface area contributed by atoms with Gasteiger partial charge in [0.2, 0.25) is 0 Å². The van der Waals surface area contributed by atoms with Crippen molar-refractivity contribution in [2.24, 2.45) is 5.41 Å². The second-order valence-electron chi connectivity index (χ2n) is 12.0. The lowest BCUT2D eigenvalue weighted by Gasteiger charge is -2.57. The summed E-state index contributed by atoms with van der Waals surface area (Å²) < 4.78 is 0. The van der Waals surface area contributed by atoms with E-state index in [4.69, 9.17) is 9.59 Å². The highest BCUT2D eigenvalue weighted by Crippen LogP contribution is 2.42. The van der Waals surface area contributed by atoms with Crippen LogP contribution in [0.4, 0.5) is 0 Å². The third-order valence-electron chi connectivity index (χ3n) is 7.67. The van der Waals surface area contributed by atoms with Crippen LogP contribution >= 0.6 is 0 Å². The zero-order valence-electron chi connectivity index (χ0n) is 20.9. The monoisotopic (exact) mass is 422 g/mol. The molecule has 6 heteroatoms. The number of hydrogen-bond donors (Lipinski definition) is 0. The van der Waals surface area contributed by atoms with Gasteiger partial charge in [-0.25, -0.2) is 0 Å². The summed E-state index contributed by atoms with van der Waals surface area (Å²) in [6.07, 6.45) is 4.50. The minimum absolute atomic E-state index is 0.250. The Morgan fingerprint density at radius 1 is 0.800 bits per heavy atom. The van der Waals surface area contributed by atoms with Crippen molar-refractivity contribution in [2.45, 2.75) is 84.3 Å². The second-order valence-corrected chi connectivity index (χ2v) is 12.0. The Morgan fingerprint density at radius 2 is 1.30 bits per heavy atom. The van der Waals surface area contributed by atoms with E-state index in [0.29, 0.717) is 22.0 Å². The van der Waals surface area contributed by atoms with Crippen molar-refractivity contribution in [3.8, 4) is 0 Å². The molecule has 4 aliphatic rings. The first-order valence-electron chi connectivity index (χ1n) is 11.7. The second kappa shape index (κ2) is 9.38. The summed E-state index contributed by atoms with van der Waals surface area (Å²) in [5, 5.41) is 0. The molecule has 6 nitrogen and oxygen atoms in total. The molecule has 0 amide bonds. The summed E-state index contributed by atoms with van der Waals surface area (Å²) in [5.74, 6) is 0. The van der Waals surface area contributed by atoms with Crippen LogP contribution in [0.15, 0.2) is 0 Å². The largest absolute Gasteiger partial charge is 0.373 e. The first-order valence-corrected chi connectivity index (χ1v) is 11.7. The van der Waals surface area contributed by atoms with Crippen molar-refractivity contribution < 1.29 is 9.59 Å². The highest BCUT2D eigenvalue weighted by atomic mass is 16.2. The molecule has 4 heterocycles. The number of likely N-dealkylation sites (N-methyl/N-ethyl adjacent to an activating group) is 1. The predicted octanol–water partition coefficient (Wildman–Crippen LogP) is 2.79. The fourth-order valence-corrected chi connectivity index (χ4v) is 5.64. The van der Waals surface area contributed by atoms with Crippen LogP contribution in [0, 0.1) is 5.41 Å². The molecule has 0 radical (unpaired) electrons. The maximum Gasteiger partial charge on any atom is 0.373 e. The Labute approximate surface area is 184 Å². The maximum absolute atomic E-state index is 8.12. The van der Waals surface area contributed by atoms with E-state index < -0.39 is 0 Å². The molecule has 0 atom stereocenters. The highest BCUT2D eigenvalue weighted by molar-refractivity contribution is 5.20. The molecule has 0 aromatic heterocycles. The molecule has 4 fully saturated rings. The summed E-state index contributed by atoms with van der Waals surface area (Å²) in [7, 11) is 2.24. The van der Waals surface area contributed by atoms with Crippen LogP contribution in [0.2, 0.25) is 0 Å². The third kappa shape index (κ3) is 5.72. The molecule has 0 N–H and O–H groups in total. The summed E-state index contributed by atoms with van der Waals surface area (Å²) >= 11 is 0. The minimum Gasteiger partial charge on any atom is -0.306 e.